The van der Waals surface area contributed by atoms with Gasteiger partial charge in [-0.2, -0.15) is 5.26 Å². The first-order valence-corrected chi connectivity index (χ1v) is 6.13. The van der Waals surface area contributed by atoms with Crippen molar-refractivity contribution in [2.75, 3.05) is 0 Å². The van der Waals surface area contributed by atoms with Crippen LogP contribution < -0.4 is 0 Å². The number of carbonyl (C=O) groups is 1. The van der Waals surface area contributed by atoms with Gasteiger partial charge in [0, 0.05) is 6.42 Å². The normalized spacial score (nSPS) is 16.5. The van der Waals surface area contributed by atoms with E-state index < -0.39 is 29.7 Å². The fourth-order valence-electron chi connectivity index (χ4n) is 1.58. The van der Waals surface area contributed by atoms with Crippen molar-refractivity contribution in [3.05, 3.63) is 0 Å². The van der Waals surface area contributed by atoms with Gasteiger partial charge in [0.1, 0.15) is 5.60 Å². The third-order valence-corrected chi connectivity index (χ3v) is 2.32. The molecule has 5 nitrogen and oxygen atoms in total. The van der Waals surface area contributed by atoms with Crippen LogP contribution in [0, 0.1) is 17.2 Å². The van der Waals surface area contributed by atoms with E-state index in [1.807, 2.05) is 6.07 Å². The monoisotopic (exact) mass is 257 g/mol. The third kappa shape index (κ3) is 7.25. The minimum Gasteiger partial charge on any atom is -0.460 e. The molecule has 0 aromatic carbocycles. The van der Waals surface area contributed by atoms with Crippen LogP contribution in [-0.4, -0.2) is 34.0 Å². The van der Waals surface area contributed by atoms with E-state index in [1.165, 1.54) is 0 Å². The number of rotatable bonds is 6. The van der Waals surface area contributed by atoms with Gasteiger partial charge >= 0.3 is 5.97 Å². The minimum atomic E-state index is -0.992. The summed E-state index contributed by atoms with van der Waals surface area (Å²) in [6.07, 6.45) is -1.20. The number of aliphatic hydroxyl groups is 2. The van der Waals surface area contributed by atoms with E-state index in [0.717, 1.165) is 0 Å². The lowest BCUT2D eigenvalue weighted by atomic mass is 9.93. The summed E-state index contributed by atoms with van der Waals surface area (Å²) in [7, 11) is 0. The van der Waals surface area contributed by atoms with Crippen LogP contribution in [0.2, 0.25) is 0 Å². The van der Waals surface area contributed by atoms with Crippen LogP contribution in [0.4, 0.5) is 0 Å². The first-order chi connectivity index (χ1) is 8.17. The second-order valence-corrected chi connectivity index (χ2v) is 5.49. The Bertz CT molecular complexity index is 301. The molecule has 0 heterocycles. The molecule has 5 heteroatoms. The highest BCUT2D eigenvalue weighted by molar-refractivity contribution is 5.73. The Morgan fingerprint density at radius 2 is 1.94 bits per heavy atom. The van der Waals surface area contributed by atoms with Crippen LogP contribution >= 0.6 is 0 Å². The Kier molecular flexibility index (Phi) is 6.89. The van der Waals surface area contributed by atoms with Gasteiger partial charge < -0.3 is 14.9 Å². The number of nitrogens with zero attached hydrogens (tertiary/aromatic N) is 1. The molecular weight excluding hydrogens is 234 g/mol. The summed E-state index contributed by atoms with van der Waals surface area (Å²) in [4.78, 5) is 11.9. The van der Waals surface area contributed by atoms with Gasteiger partial charge in [0.25, 0.3) is 0 Å². The number of carbonyl (C=O) groups excluding carboxylic acids is 1. The van der Waals surface area contributed by atoms with E-state index in [4.69, 9.17) is 10.00 Å². The molecule has 0 spiro atoms. The number of ether oxygens (including phenoxy) is 1. The Balaban J connectivity index is 4.66. The highest BCUT2D eigenvalue weighted by atomic mass is 16.6. The van der Waals surface area contributed by atoms with Gasteiger partial charge in [-0.1, -0.05) is 0 Å². The summed E-state index contributed by atoms with van der Waals surface area (Å²) in [6.45, 7) is 6.77. The number of nitriles is 1. The van der Waals surface area contributed by atoms with Crippen molar-refractivity contribution >= 4 is 5.97 Å². The summed E-state index contributed by atoms with van der Waals surface area (Å²) in [5, 5.41) is 27.7. The Morgan fingerprint density at radius 3 is 2.33 bits per heavy atom. The van der Waals surface area contributed by atoms with Gasteiger partial charge in [0.2, 0.25) is 0 Å². The van der Waals surface area contributed by atoms with Crippen LogP contribution in [0.3, 0.4) is 0 Å². The van der Waals surface area contributed by atoms with Gasteiger partial charge in [0.05, 0.1) is 24.2 Å². The van der Waals surface area contributed by atoms with Crippen molar-refractivity contribution in [2.45, 2.75) is 64.8 Å². The molecule has 0 rings (SSSR count). The number of hydrogen-bond donors (Lipinski definition) is 2. The fourth-order valence-corrected chi connectivity index (χ4v) is 1.58. The zero-order valence-corrected chi connectivity index (χ0v) is 11.5. The molecule has 0 radical (unpaired) electrons. The lowest BCUT2D eigenvalue weighted by molar-refractivity contribution is -0.164. The lowest BCUT2D eigenvalue weighted by Gasteiger charge is -2.26. The van der Waals surface area contributed by atoms with E-state index in [-0.39, 0.29) is 19.3 Å². The van der Waals surface area contributed by atoms with Gasteiger partial charge in [-0.25, -0.2) is 0 Å². The average molecular weight is 257 g/mol. The molecule has 0 bridgehead atoms. The second kappa shape index (κ2) is 7.34. The van der Waals surface area contributed by atoms with E-state index in [2.05, 4.69) is 0 Å². The Labute approximate surface area is 108 Å². The molecule has 104 valence electrons. The summed E-state index contributed by atoms with van der Waals surface area (Å²) in [6, 6.07) is 1.94. The number of esters is 1. The van der Waals surface area contributed by atoms with Gasteiger partial charge in [-0.05, 0) is 40.5 Å². The molecule has 3 unspecified atom stereocenters. The van der Waals surface area contributed by atoms with Crippen molar-refractivity contribution in [3.63, 3.8) is 0 Å². The Morgan fingerprint density at radius 1 is 1.39 bits per heavy atom. The molecule has 0 aromatic heterocycles. The molecule has 0 aliphatic carbocycles. The van der Waals surface area contributed by atoms with Gasteiger partial charge in [-0.15, -0.1) is 0 Å². The zero-order chi connectivity index (χ0) is 14.3. The molecule has 0 amide bonds. The second-order valence-electron chi connectivity index (χ2n) is 5.49. The van der Waals surface area contributed by atoms with Crippen molar-refractivity contribution < 1.29 is 19.7 Å². The standard InChI is InChI=1S/C13H23NO4/c1-9(15)8-11(16)10(6-5-7-14)12(17)18-13(2,3)4/h9-11,15-16H,5-6,8H2,1-4H3. The molecule has 0 aliphatic heterocycles. The maximum atomic E-state index is 11.9. The molecule has 0 saturated carbocycles. The van der Waals surface area contributed by atoms with Crippen LogP contribution in [-0.2, 0) is 9.53 Å². The van der Waals surface area contributed by atoms with Crippen LogP contribution in [0.15, 0.2) is 0 Å². The van der Waals surface area contributed by atoms with E-state index in [1.54, 1.807) is 27.7 Å². The van der Waals surface area contributed by atoms with Crippen LogP contribution in [0.5, 0.6) is 0 Å². The summed E-state index contributed by atoms with van der Waals surface area (Å²) < 4.78 is 5.21. The topological polar surface area (TPSA) is 90.5 Å². The molecular formula is C13H23NO4. The molecule has 0 fully saturated rings. The molecule has 3 atom stereocenters. The first-order valence-electron chi connectivity index (χ1n) is 6.13. The van der Waals surface area contributed by atoms with E-state index >= 15 is 0 Å². The van der Waals surface area contributed by atoms with Crippen molar-refractivity contribution in [2.24, 2.45) is 5.92 Å². The largest absolute Gasteiger partial charge is 0.460 e. The fraction of sp³-hybridized carbons (Fsp3) is 0.846. The van der Waals surface area contributed by atoms with Crippen LogP contribution in [0.1, 0.15) is 47.0 Å². The molecule has 18 heavy (non-hydrogen) atoms. The summed E-state index contributed by atoms with van der Waals surface area (Å²) in [5.41, 5.74) is -0.632. The third-order valence-electron chi connectivity index (χ3n) is 2.32. The highest BCUT2D eigenvalue weighted by Crippen LogP contribution is 2.21. The van der Waals surface area contributed by atoms with E-state index in [0.29, 0.717) is 0 Å². The number of aliphatic hydroxyl groups excluding tert-OH is 2. The van der Waals surface area contributed by atoms with Gasteiger partial charge in [0.15, 0.2) is 0 Å². The smallest absolute Gasteiger partial charge is 0.312 e. The van der Waals surface area contributed by atoms with Crippen molar-refractivity contribution in [3.8, 4) is 6.07 Å². The highest BCUT2D eigenvalue weighted by Gasteiger charge is 2.31. The minimum absolute atomic E-state index is 0.0926. The van der Waals surface area contributed by atoms with Crippen molar-refractivity contribution in [1.82, 2.24) is 0 Å². The maximum Gasteiger partial charge on any atom is 0.312 e. The summed E-state index contributed by atoms with van der Waals surface area (Å²) >= 11 is 0. The van der Waals surface area contributed by atoms with Crippen LogP contribution in [0.25, 0.3) is 0 Å². The average Bonchev–Trinajstić information content (AvgIpc) is 2.13. The maximum absolute atomic E-state index is 11.9. The SMILES string of the molecule is CC(O)CC(O)C(CCC#N)C(=O)OC(C)(C)C. The first kappa shape index (κ1) is 16.9. The predicted molar refractivity (Wildman–Crippen MR) is 66.5 cm³/mol. The predicted octanol–water partition coefficient (Wildman–Crippen LogP) is 1.38. The quantitative estimate of drug-likeness (QED) is 0.701. The zero-order valence-electron chi connectivity index (χ0n) is 11.5. The molecule has 0 aliphatic rings. The summed E-state index contributed by atoms with van der Waals surface area (Å²) in [5.74, 6) is -1.29. The van der Waals surface area contributed by atoms with E-state index in [9.17, 15) is 15.0 Å². The number of hydrogen-bond acceptors (Lipinski definition) is 5. The van der Waals surface area contributed by atoms with Crippen molar-refractivity contribution in [1.29, 1.82) is 5.26 Å². The lowest BCUT2D eigenvalue weighted by Crippen LogP contribution is -2.36. The molecule has 0 aromatic rings. The van der Waals surface area contributed by atoms with Gasteiger partial charge in [-0.3, -0.25) is 4.79 Å². The molecule has 2 N–H and O–H groups in total. The Hall–Kier alpha value is -1.12. The molecule has 0 saturated heterocycles.